The van der Waals surface area contributed by atoms with Gasteiger partial charge < -0.3 is 15.4 Å². The van der Waals surface area contributed by atoms with Crippen LogP contribution in [0.3, 0.4) is 0 Å². The molecule has 34 heavy (non-hydrogen) atoms. The van der Waals surface area contributed by atoms with E-state index in [0.29, 0.717) is 34.6 Å². The van der Waals surface area contributed by atoms with Gasteiger partial charge in [0.05, 0.1) is 29.0 Å². The van der Waals surface area contributed by atoms with E-state index in [0.717, 1.165) is 18.4 Å². The fraction of sp³-hybridized carbons (Fsp3) is 0.370. The molecule has 0 bridgehead atoms. The number of nitriles is 1. The normalized spacial score (nSPS) is 15.6. The summed E-state index contributed by atoms with van der Waals surface area (Å²) in [6.45, 7) is 6.98. The Morgan fingerprint density at radius 2 is 2.03 bits per heavy atom. The summed E-state index contributed by atoms with van der Waals surface area (Å²) in [5.41, 5.74) is 3.27. The second-order valence-electron chi connectivity index (χ2n) is 8.55. The molecule has 0 saturated carbocycles. The maximum atomic E-state index is 12.6. The van der Waals surface area contributed by atoms with Crippen LogP contribution in [-0.4, -0.2) is 24.2 Å². The summed E-state index contributed by atoms with van der Waals surface area (Å²) in [4.78, 5) is 25.0. The molecule has 7 heteroatoms. The standard InChI is InChI=1S/C27H31N3O3S/c1-4-5-13-33-22-8-6-7-21(14-22)29-26(32)17-34-27-24(16-28)23(15-25(31)30-27)20-11-9-19(10-12-20)18(2)3/h6-12,14,18,23H,4-5,13,15,17H2,1-3H3,(H,29,32)(H,30,31)/t23-/m0/s1. The molecule has 1 aliphatic heterocycles. The van der Waals surface area contributed by atoms with Crippen LogP contribution in [0.25, 0.3) is 0 Å². The van der Waals surface area contributed by atoms with E-state index in [1.807, 2.05) is 36.4 Å². The Bertz CT molecular complexity index is 1090. The second-order valence-corrected chi connectivity index (χ2v) is 9.53. The highest BCUT2D eigenvalue weighted by atomic mass is 32.2. The number of unbranched alkanes of at least 4 members (excludes halogenated alkanes) is 1. The van der Waals surface area contributed by atoms with Gasteiger partial charge in [0.15, 0.2) is 0 Å². The third kappa shape index (κ3) is 6.88. The highest BCUT2D eigenvalue weighted by Crippen LogP contribution is 2.36. The number of anilines is 1. The lowest BCUT2D eigenvalue weighted by atomic mass is 9.86. The molecule has 0 spiro atoms. The van der Waals surface area contributed by atoms with Gasteiger partial charge in [0.1, 0.15) is 5.75 Å². The van der Waals surface area contributed by atoms with Crippen molar-refractivity contribution >= 4 is 29.3 Å². The van der Waals surface area contributed by atoms with Crippen molar-refractivity contribution in [1.29, 1.82) is 5.26 Å². The molecule has 2 aromatic carbocycles. The first-order valence-electron chi connectivity index (χ1n) is 11.6. The second kappa shape index (κ2) is 12.3. The molecule has 1 atom stereocenters. The average Bonchev–Trinajstić information content (AvgIpc) is 2.83. The van der Waals surface area contributed by atoms with Gasteiger partial charge in [-0.15, -0.1) is 0 Å². The van der Waals surface area contributed by atoms with Gasteiger partial charge in [0, 0.05) is 24.1 Å². The van der Waals surface area contributed by atoms with Gasteiger partial charge in [-0.2, -0.15) is 5.26 Å². The zero-order valence-corrected chi connectivity index (χ0v) is 20.7. The van der Waals surface area contributed by atoms with Gasteiger partial charge in [-0.1, -0.05) is 69.3 Å². The van der Waals surface area contributed by atoms with Crippen LogP contribution in [-0.2, 0) is 9.59 Å². The van der Waals surface area contributed by atoms with Crippen molar-refractivity contribution in [2.75, 3.05) is 17.7 Å². The zero-order chi connectivity index (χ0) is 24.5. The monoisotopic (exact) mass is 477 g/mol. The fourth-order valence-electron chi connectivity index (χ4n) is 3.66. The molecule has 0 saturated heterocycles. The van der Waals surface area contributed by atoms with Gasteiger partial charge in [0.2, 0.25) is 11.8 Å². The summed E-state index contributed by atoms with van der Waals surface area (Å²) in [7, 11) is 0. The van der Waals surface area contributed by atoms with Crippen LogP contribution in [0.1, 0.15) is 63.0 Å². The summed E-state index contributed by atoms with van der Waals surface area (Å²) in [6, 6.07) is 17.6. The Labute approximate surface area is 205 Å². The maximum absolute atomic E-state index is 12.6. The Morgan fingerprint density at radius 3 is 2.71 bits per heavy atom. The number of allylic oxidation sites excluding steroid dienone is 1. The number of thioether (sulfide) groups is 1. The first-order chi connectivity index (χ1) is 16.4. The molecule has 1 aliphatic rings. The Morgan fingerprint density at radius 1 is 1.26 bits per heavy atom. The number of rotatable bonds is 10. The molecule has 2 aromatic rings. The molecule has 0 aliphatic carbocycles. The number of hydrogen-bond acceptors (Lipinski definition) is 5. The number of benzene rings is 2. The predicted octanol–water partition coefficient (Wildman–Crippen LogP) is 5.70. The molecular weight excluding hydrogens is 446 g/mol. The molecule has 6 nitrogen and oxygen atoms in total. The van der Waals surface area contributed by atoms with E-state index in [1.165, 1.54) is 17.3 Å². The minimum atomic E-state index is -0.317. The summed E-state index contributed by atoms with van der Waals surface area (Å²) in [5.74, 6) is 0.486. The maximum Gasteiger partial charge on any atom is 0.234 e. The number of nitrogens with zero attached hydrogens (tertiary/aromatic N) is 1. The number of carbonyl (C=O) groups is 2. The third-order valence-electron chi connectivity index (χ3n) is 5.59. The highest BCUT2D eigenvalue weighted by Gasteiger charge is 2.30. The van der Waals surface area contributed by atoms with Crippen molar-refractivity contribution < 1.29 is 14.3 Å². The Balaban J connectivity index is 1.67. The van der Waals surface area contributed by atoms with Crippen molar-refractivity contribution in [2.45, 2.75) is 51.9 Å². The third-order valence-corrected chi connectivity index (χ3v) is 6.61. The number of nitrogens with one attached hydrogen (secondary N) is 2. The van der Waals surface area contributed by atoms with Gasteiger partial charge in [-0.3, -0.25) is 9.59 Å². The molecule has 0 unspecified atom stereocenters. The first-order valence-corrected chi connectivity index (χ1v) is 12.6. The van der Waals surface area contributed by atoms with Crippen LogP contribution in [0.15, 0.2) is 59.1 Å². The van der Waals surface area contributed by atoms with Crippen molar-refractivity contribution in [1.82, 2.24) is 5.32 Å². The topological polar surface area (TPSA) is 91.2 Å². The molecule has 3 rings (SSSR count). The van der Waals surface area contributed by atoms with E-state index in [4.69, 9.17) is 4.74 Å². The quantitative estimate of drug-likeness (QED) is 0.428. The van der Waals surface area contributed by atoms with E-state index in [9.17, 15) is 14.9 Å². The Hall–Kier alpha value is -3.24. The van der Waals surface area contributed by atoms with Crippen LogP contribution < -0.4 is 15.4 Å². The van der Waals surface area contributed by atoms with E-state index >= 15 is 0 Å². The summed E-state index contributed by atoms with van der Waals surface area (Å²) < 4.78 is 5.69. The van der Waals surface area contributed by atoms with Crippen LogP contribution >= 0.6 is 11.8 Å². The van der Waals surface area contributed by atoms with Crippen LogP contribution in [0.5, 0.6) is 5.75 Å². The average molecular weight is 478 g/mol. The molecule has 1 heterocycles. The van der Waals surface area contributed by atoms with Crippen molar-refractivity contribution in [3.63, 3.8) is 0 Å². The SMILES string of the molecule is CCCCOc1cccc(NC(=O)CSC2=C(C#N)[C@H](c3ccc(C(C)C)cc3)CC(=O)N2)c1. The Kier molecular flexibility index (Phi) is 9.17. The fourth-order valence-corrected chi connectivity index (χ4v) is 4.54. The minimum Gasteiger partial charge on any atom is -0.494 e. The first kappa shape index (κ1) is 25.4. The molecular formula is C27H31N3O3S. The van der Waals surface area contributed by atoms with E-state index in [-0.39, 0.29) is 29.9 Å². The molecule has 0 aromatic heterocycles. The van der Waals surface area contributed by atoms with Crippen LogP contribution in [0.4, 0.5) is 5.69 Å². The highest BCUT2D eigenvalue weighted by molar-refractivity contribution is 8.03. The van der Waals surface area contributed by atoms with Crippen molar-refractivity contribution in [3.05, 3.63) is 70.3 Å². The van der Waals surface area contributed by atoms with Gasteiger partial charge in [-0.25, -0.2) is 0 Å². The van der Waals surface area contributed by atoms with E-state index in [1.54, 1.807) is 12.1 Å². The van der Waals surface area contributed by atoms with Gasteiger partial charge >= 0.3 is 0 Å². The summed E-state index contributed by atoms with van der Waals surface area (Å²) >= 11 is 1.17. The molecule has 2 amide bonds. The van der Waals surface area contributed by atoms with Crippen molar-refractivity contribution in [2.24, 2.45) is 0 Å². The van der Waals surface area contributed by atoms with Crippen LogP contribution in [0, 0.1) is 11.3 Å². The zero-order valence-electron chi connectivity index (χ0n) is 19.9. The smallest absolute Gasteiger partial charge is 0.234 e. The van der Waals surface area contributed by atoms with Crippen LogP contribution in [0.2, 0.25) is 0 Å². The minimum absolute atomic E-state index is 0.0702. The lowest BCUT2D eigenvalue weighted by Crippen LogP contribution is -2.31. The molecule has 0 fully saturated rings. The summed E-state index contributed by atoms with van der Waals surface area (Å²) in [6.07, 6.45) is 2.23. The number of amides is 2. The largest absolute Gasteiger partial charge is 0.494 e. The molecule has 0 radical (unpaired) electrons. The number of carbonyl (C=O) groups excluding carboxylic acids is 2. The van der Waals surface area contributed by atoms with Gasteiger partial charge in [-0.05, 0) is 35.6 Å². The van der Waals surface area contributed by atoms with E-state index in [2.05, 4.69) is 37.5 Å². The van der Waals surface area contributed by atoms with Crippen molar-refractivity contribution in [3.8, 4) is 11.8 Å². The van der Waals surface area contributed by atoms with E-state index < -0.39 is 0 Å². The predicted molar refractivity (Wildman–Crippen MR) is 137 cm³/mol. The summed E-state index contributed by atoms with van der Waals surface area (Å²) in [5, 5.41) is 15.9. The lowest BCUT2D eigenvalue weighted by molar-refractivity contribution is -0.121. The molecule has 178 valence electrons. The lowest BCUT2D eigenvalue weighted by Gasteiger charge is -2.25. The number of ether oxygens (including phenoxy) is 1. The molecule has 2 N–H and O–H groups in total. The van der Waals surface area contributed by atoms with Gasteiger partial charge in [0.25, 0.3) is 0 Å². The number of hydrogen-bond donors (Lipinski definition) is 2.